The predicted octanol–water partition coefficient (Wildman–Crippen LogP) is 5.05. The Morgan fingerprint density at radius 1 is 0.926 bits per heavy atom. The van der Waals surface area contributed by atoms with E-state index in [0.717, 1.165) is 5.56 Å². The van der Waals surface area contributed by atoms with Crippen LogP contribution in [0.15, 0.2) is 82.0 Å². The molecular formula is C23H18O4. The second kappa shape index (κ2) is 7.00. The summed E-state index contributed by atoms with van der Waals surface area (Å²) in [6.45, 7) is 2.51. The van der Waals surface area contributed by atoms with Crippen LogP contribution >= 0.6 is 0 Å². The van der Waals surface area contributed by atoms with Crippen molar-refractivity contribution in [1.82, 2.24) is 0 Å². The third kappa shape index (κ3) is 3.42. The van der Waals surface area contributed by atoms with E-state index in [1.54, 1.807) is 48.5 Å². The molecule has 1 heterocycles. The predicted molar refractivity (Wildman–Crippen MR) is 105 cm³/mol. The van der Waals surface area contributed by atoms with Gasteiger partial charge in [-0.1, -0.05) is 42.0 Å². The van der Waals surface area contributed by atoms with E-state index in [0.29, 0.717) is 28.9 Å². The average molecular weight is 358 g/mol. The molecule has 1 N–H and O–H groups in total. The summed E-state index contributed by atoms with van der Waals surface area (Å²) in [6.07, 6.45) is 0. The van der Waals surface area contributed by atoms with E-state index in [-0.39, 0.29) is 11.5 Å². The number of hydrogen-bond acceptors (Lipinski definition) is 4. The number of ether oxygens (including phenoxy) is 1. The number of benzene rings is 3. The van der Waals surface area contributed by atoms with Crippen molar-refractivity contribution in [3.05, 3.63) is 94.1 Å². The van der Waals surface area contributed by atoms with Gasteiger partial charge in [0.2, 0.25) is 11.2 Å². The first kappa shape index (κ1) is 16.9. The lowest BCUT2D eigenvalue weighted by Crippen LogP contribution is -2.02. The van der Waals surface area contributed by atoms with Gasteiger partial charge in [0.1, 0.15) is 17.9 Å². The van der Waals surface area contributed by atoms with E-state index in [4.69, 9.17) is 9.15 Å². The summed E-state index contributed by atoms with van der Waals surface area (Å²) in [5.41, 5.74) is 2.90. The van der Waals surface area contributed by atoms with E-state index >= 15 is 0 Å². The fraction of sp³-hybridized carbons (Fsp3) is 0.0870. The van der Waals surface area contributed by atoms with Crippen molar-refractivity contribution in [3.8, 4) is 22.8 Å². The van der Waals surface area contributed by atoms with Gasteiger partial charge in [-0.15, -0.1) is 0 Å². The molecule has 4 heteroatoms. The Kier molecular flexibility index (Phi) is 4.38. The minimum absolute atomic E-state index is 0.156. The molecule has 1 aromatic heterocycles. The van der Waals surface area contributed by atoms with Crippen molar-refractivity contribution >= 4 is 11.0 Å². The molecule has 0 bridgehead atoms. The molecule has 3 aromatic carbocycles. The van der Waals surface area contributed by atoms with E-state index in [9.17, 15) is 9.90 Å². The van der Waals surface area contributed by atoms with Crippen LogP contribution in [0.25, 0.3) is 22.3 Å². The Labute approximate surface area is 156 Å². The van der Waals surface area contributed by atoms with Gasteiger partial charge < -0.3 is 14.3 Å². The molecular weight excluding hydrogens is 340 g/mol. The van der Waals surface area contributed by atoms with Gasteiger partial charge in [-0.05, 0) is 48.9 Å². The van der Waals surface area contributed by atoms with Crippen LogP contribution in [0.3, 0.4) is 0 Å². The summed E-state index contributed by atoms with van der Waals surface area (Å²) in [5.74, 6) is 0.466. The molecule has 0 saturated carbocycles. The van der Waals surface area contributed by atoms with E-state index in [1.165, 1.54) is 5.56 Å². The standard InChI is InChI=1S/C23H18O4/c1-15-6-8-16(9-7-15)14-26-18-12-10-17(11-13-18)23-22(25)21(24)19-4-2-3-5-20(19)27-23/h2-13,25H,14H2,1H3. The molecule has 0 saturated heterocycles. The molecule has 4 nitrogen and oxygen atoms in total. The van der Waals surface area contributed by atoms with Crippen molar-refractivity contribution in [1.29, 1.82) is 0 Å². The minimum atomic E-state index is -0.438. The summed E-state index contributed by atoms with van der Waals surface area (Å²) in [6, 6.07) is 22.1. The third-order valence-corrected chi connectivity index (χ3v) is 4.42. The van der Waals surface area contributed by atoms with Gasteiger partial charge in [-0.25, -0.2) is 0 Å². The molecule has 0 unspecified atom stereocenters. The number of fused-ring (bicyclic) bond motifs is 1. The van der Waals surface area contributed by atoms with Crippen LogP contribution in [0.5, 0.6) is 11.5 Å². The SMILES string of the molecule is Cc1ccc(COc2ccc(-c3oc4ccccc4c(=O)c3O)cc2)cc1. The van der Waals surface area contributed by atoms with Crippen LogP contribution in [0.2, 0.25) is 0 Å². The lowest BCUT2D eigenvalue weighted by atomic mass is 10.1. The molecule has 134 valence electrons. The highest BCUT2D eigenvalue weighted by Gasteiger charge is 2.15. The van der Waals surface area contributed by atoms with Crippen LogP contribution in [0.1, 0.15) is 11.1 Å². The average Bonchev–Trinajstić information content (AvgIpc) is 2.71. The summed E-state index contributed by atoms with van der Waals surface area (Å²) < 4.78 is 11.5. The number of rotatable bonds is 4. The van der Waals surface area contributed by atoms with Gasteiger partial charge in [-0.2, -0.15) is 0 Å². The highest BCUT2D eigenvalue weighted by atomic mass is 16.5. The summed E-state index contributed by atoms with van der Waals surface area (Å²) >= 11 is 0. The van der Waals surface area contributed by atoms with E-state index in [1.807, 2.05) is 31.2 Å². The zero-order valence-corrected chi connectivity index (χ0v) is 14.8. The molecule has 0 radical (unpaired) electrons. The van der Waals surface area contributed by atoms with Crippen molar-refractivity contribution in [3.63, 3.8) is 0 Å². The lowest BCUT2D eigenvalue weighted by Gasteiger charge is -2.09. The van der Waals surface area contributed by atoms with Crippen molar-refractivity contribution < 1.29 is 14.3 Å². The van der Waals surface area contributed by atoms with E-state index in [2.05, 4.69) is 0 Å². The Morgan fingerprint density at radius 2 is 1.63 bits per heavy atom. The molecule has 4 aromatic rings. The van der Waals surface area contributed by atoms with Crippen molar-refractivity contribution in [2.75, 3.05) is 0 Å². The Morgan fingerprint density at radius 3 is 2.37 bits per heavy atom. The number of aryl methyl sites for hydroxylation is 1. The van der Waals surface area contributed by atoms with Crippen LogP contribution < -0.4 is 10.2 Å². The first-order valence-corrected chi connectivity index (χ1v) is 8.65. The first-order chi connectivity index (χ1) is 13.1. The van der Waals surface area contributed by atoms with Gasteiger partial charge in [0.05, 0.1) is 5.39 Å². The summed E-state index contributed by atoms with van der Waals surface area (Å²) in [7, 11) is 0. The Balaban J connectivity index is 1.59. The molecule has 0 spiro atoms. The molecule has 0 aliphatic rings. The Bertz CT molecular complexity index is 1140. The normalized spacial score (nSPS) is 10.9. The number of para-hydroxylation sites is 1. The Hall–Kier alpha value is -3.53. The topological polar surface area (TPSA) is 59.7 Å². The molecule has 0 amide bonds. The summed E-state index contributed by atoms with van der Waals surface area (Å²) in [4.78, 5) is 12.3. The zero-order valence-electron chi connectivity index (χ0n) is 14.8. The van der Waals surface area contributed by atoms with Crippen LogP contribution in [-0.4, -0.2) is 5.11 Å². The number of aromatic hydroxyl groups is 1. The summed E-state index contributed by atoms with van der Waals surface area (Å²) in [5, 5.41) is 10.6. The van der Waals surface area contributed by atoms with Gasteiger partial charge in [0, 0.05) is 5.56 Å². The molecule has 0 atom stereocenters. The molecule has 0 aliphatic carbocycles. The van der Waals surface area contributed by atoms with Gasteiger partial charge in [0.25, 0.3) is 0 Å². The van der Waals surface area contributed by atoms with Crippen LogP contribution in [-0.2, 0) is 6.61 Å². The smallest absolute Gasteiger partial charge is 0.235 e. The lowest BCUT2D eigenvalue weighted by molar-refractivity contribution is 0.306. The fourth-order valence-electron chi connectivity index (χ4n) is 2.88. The second-order valence-electron chi connectivity index (χ2n) is 6.40. The third-order valence-electron chi connectivity index (χ3n) is 4.42. The van der Waals surface area contributed by atoms with Crippen LogP contribution in [0.4, 0.5) is 0 Å². The quantitative estimate of drug-likeness (QED) is 0.554. The zero-order chi connectivity index (χ0) is 18.8. The highest BCUT2D eigenvalue weighted by Crippen LogP contribution is 2.31. The largest absolute Gasteiger partial charge is 0.502 e. The van der Waals surface area contributed by atoms with Gasteiger partial charge in [0.15, 0.2) is 5.76 Å². The maximum atomic E-state index is 12.3. The molecule has 4 rings (SSSR count). The van der Waals surface area contributed by atoms with Gasteiger partial charge >= 0.3 is 0 Å². The maximum Gasteiger partial charge on any atom is 0.235 e. The second-order valence-corrected chi connectivity index (χ2v) is 6.40. The maximum absolute atomic E-state index is 12.3. The van der Waals surface area contributed by atoms with Crippen molar-refractivity contribution in [2.24, 2.45) is 0 Å². The minimum Gasteiger partial charge on any atom is -0.502 e. The van der Waals surface area contributed by atoms with Gasteiger partial charge in [-0.3, -0.25) is 4.79 Å². The van der Waals surface area contributed by atoms with Crippen LogP contribution in [0, 0.1) is 6.92 Å². The molecule has 27 heavy (non-hydrogen) atoms. The molecule has 0 fully saturated rings. The molecule has 0 aliphatic heterocycles. The first-order valence-electron chi connectivity index (χ1n) is 8.65. The van der Waals surface area contributed by atoms with E-state index < -0.39 is 5.43 Å². The number of hydrogen-bond donors (Lipinski definition) is 1. The highest BCUT2D eigenvalue weighted by molar-refractivity contribution is 5.81. The van der Waals surface area contributed by atoms with Crippen molar-refractivity contribution in [2.45, 2.75) is 13.5 Å². The monoisotopic (exact) mass is 358 g/mol. The fourth-order valence-corrected chi connectivity index (χ4v) is 2.88.